The number of nitrogens with two attached hydrogens (primary N) is 1. The number of benzene rings is 1. The van der Waals surface area contributed by atoms with Gasteiger partial charge in [0.2, 0.25) is 0 Å². The van der Waals surface area contributed by atoms with Crippen LogP contribution in [0.5, 0.6) is 0 Å². The monoisotopic (exact) mass is 230 g/mol. The maximum absolute atomic E-state index is 5.81. The second-order valence-electron chi connectivity index (χ2n) is 4.16. The predicted molar refractivity (Wildman–Crippen MR) is 71.9 cm³/mol. The van der Waals surface area contributed by atoms with Gasteiger partial charge in [-0.2, -0.15) is 0 Å². The van der Waals surface area contributed by atoms with Gasteiger partial charge in [-0.15, -0.1) is 0 Å². The highest BCUT2D eigenvalue weighted by molar-refractivity contribution is 5.91. The van der Waals surface area contributed by atoms with Crippen molar-refractivity contribution in [3.63, 3.8) is 0 Å². The van der Waals surface area contributed by atoms with Crippen LogP contribution < -0.4 is 11.1 Å². The molecule has 0 unspecified atom stereocenters. The van der Waals surface area contributed by atoms with Crippen molar-refractivity contribution in [3.8, 4) is 0 Å². The maximum Gasteiger partial charge on any atom is 0.137 e. The minimum Gasteiger partial charge on any atom is -0.399 e. The fraction of sp³-hybridized carbons (Fsp3) is 0.385. The van der Waals surface area contributed by atoms with Gasteiger partial charge in [0.25, 0.3) is 0 Å². The van der Waals surface area contributed by atoms with E-state index in [1.807, 2.05) is 18.2 Å². The molecule has 0 amide bonds. The van der Waals surface area contributed by atoms with Crippen LogP contribution in [0.3, 0.4) is 0 Å². The quantitative estimate of drug-likeness (QED) is 0.793. The second kappa shape index (κ2) is 4.99. The summed E-state index contributed by atoms with van der Waals surface area (Å²) in [5.74, 6) is 0.871. The Balaban J connectivity index is 2.42. The smallest absolute Gasteiger partial charge is 0.137 e. The SMILES string of the molecule is CCC(CC)Nc1ncnc2ccc(N)cc12. The Hall–Kier alpha value is -1.84. The highest BCUT2D eigenvalue weighted by Gasteiger charge is 2.08. The molecule has 4 nitrogen and oxygen atoms in total. The summed E-state index contributed by atoms with van der Waals surface area (Å²) in [5, 5.41) is 4.43. The van der Waals surface area contributed by atoms with Crippen LogP contribution in [0.15, 0.2) is 24.5 Å². The third-order valence-electron chi connectivity index (χ3n) is 2.99. The molecular weight excluding hydrogens is 212 g/mol. The predicted octanol–water partition coefficient (Wildman–Crippen LogP) is 2.81. The molecule has 0 fully saturated rings. The Kier molecular flexibility index (Phi) is 3.42. The lowest BCUT2D eigenvalue weighted by atomic mass is 10.1. The summed E-state index contributed by atoms with van der Waals surface area (Å²) in [6, 6.07) is 6.13. The lowest BCUT2D eigenvalue weighted by Gasteiger charge is -2.16. The van der Waals surface area contributed by atoms with E-state index in [-0.39, 0.29) is 0 Å². The molecule has 0 bridgehead atoms. The number of nitrogen functional groups attached to an aromatic ring is 1. The van der Waals surface area contributed by atoms with Gasteiger partial charge in [-0.3, -0.25) is 0 Å². The fourth-order valence-corrected chi connectivity index (χ4v) is 1.88. The number of fused-ring (bicyclic) bond motifs is 1. The highest BCUT2D eigenvalue weighted by atomic mass is 15.0. The molecular formula is C13H18N4. The molecule has 0 radical (unpaired) electrons. The van der Waals surface area contributed by atoms with Crippen LogP contribution in [-0.2, 0) is 0 Å². The van der Waals surface area contributed by atoms with Crippen molar-refractivity contribution >= 4 is 22.4 Å². The summed E-state index contributed by atoms with van der Waals surface area (Å²) < 4.78 is 0. The first kappa shape index (κ1) is 11.6. The first-order valence-corrected chi connectivity index (χ1v) is 6.01. The summed E-state index contributed by atoms with van der Waals surface area (Å²) in [6.07, 6.45) is 3.73. The van der Waals surface area contributed by atoms with Crippen molar-refractivity contribution < 1.29 is 0 Å². The maximum atomic E-state index is 5.81. The Morgan fingerprint density at radius 2 is 2.00 bits per heavy atom. The number of hydrogen-bond donors (Lipinski definition) is 2. The third kappa shape index (κ3) is 2.46. The molecule has 2 aromatic rings. The fourth-order valence-electron chi connectivity index (χ4n) is 1.88. The molecule has 3 N–H and O–H groups in total. The van der Waals surface area contributed by atoms with Crippen LogP contribution in [0.25, 0.3) is 10.9 Å². The van der Waals surface area contributed by atoms with Gasteiger partial charge in [-0.05, 0) is 31.0 Å². The number of rotatable bonds is 4. The molecule has 0 aliphatic carbocycles. The zero-order valence-corrected chi connectivity index (χ0v) is 10.3. The van der Waals surface area contributed by atoms with Crippen LogP contribution >= 0.6 is 0 Å². The molecule has 90 valence electrons. The molecule has 2 rings (SSSR count). The van der Waals surface area contributed by atoms with Crippen LogP contribution in [0.1, 0.15) is 26.7 Å². The second-order valence-corrected chi connectivity index (χ2v) is 4.16. The lowest BCUT2D eigenvalue weighted by Crippen LogP contribution is -2.18. The topological polar surface area (TPSA) is 63.8 Å². The zero-order chi connectivity index (χ0) is 12.3. The largest absolute Gasteiger partial charge is 0.399 e. The zero-order valence-electron chi connectivity index (χ0n) is 10.3. The van der Waals surface area contributed by atoms with Crippen LogP contribution in [0.2, 0.25) is 0 Å². The van der Waals surface area contributed by atoms with Crippen molar-refractivity contribution in [1.82, 2.24) is 9.97 Å². The molecule has 0 saturated carbocycles. The number of hydrogen-bond acceptors (Lipinski definition) is 4. The average Bonchev–Trinajstić information content (AvgIpc) is 2.36. The van der Waals surface area contributed by atoms with Crippen LogP contribution in [0, 0.1) is 0 Å². The van der Waals surface area contributed by atoms with Gasteiger partial charge in [-0.1, -0.05) is 13.8 Å². The molecule has 0 atom stereocenters. The minimum absolute atomic E-state index is 0.439. The van der Waals surface area contributed by atoms with Crippen LogP contribution in [-0.4, -0.2) is 16.0 Å². The summed E-state index contributed by atoms with van der Waals surface area (Å²) in [4.78, 5) is 8.54. The van der Waals surface area contributed by atoms with E-state index in [1.54, 1.807) is 6.33 Å². The van der Waals surface area contributed by atoms with E-state index in [2.05, 4.69) is 29.1 Å². The van der Waals surface area contributed by atoms with E-state index < -0.39 is 0 Å². The first-order valence-electron chi connectivity index (χ1n) is 6.01. The van der Waals surface area contributed by atoms with Crippen LogP contribution in [0.4, 0.5) is 11.5 Å². The average molecular weight is 230 g/mol. The number of nitrogens with one attached hydrogen (secondary N) is 1. The van der Waals surface area contributed by atoms with E-state index in [9.17, 15) is 0 Å². The van der Waals surface area contributed by atoms with Gasteiger partial charge in [0, 0.05) is 17.1 Å². The van der Waals surface area contributed by atoms with Gasteiger partial charge in [0.05, 0.1) is 5.52 Å². The molecule has 0 aliphatic heterocycles. The lowest BCUT2D eigenvalue weighted by molar-refractivity contribution is 0.669. The van der Waals surface area contributed by atoms with Gasteiger partial charge >= 0.3 is 0 Å². The molecule has 4 heteroatoms. The number of aromatic nitrogens is 2. The molecule has 0 spiro atoms. The van der Waals surface area contributed by atoms with E-state index in [4.69, 9.17) is 5.73 Å². The molecule has 0 aliphatic rings. The van der Waals surface area contributed by atoms with Gasteiger partial charge in [0.15, 0.2) is 0 Å². The standard InChI is InChI=1S/C13H18N4/c1-3-10(4-2)17-13-11-7-9(14)5-6-12(11)15-8-16-13/h5-8,10H,3-4,14H2,1-2H3,(H,15,16,17). The summed E-state index contributed by atoms with van der Waals surface area (Å²) >= 11 is 0. The Morgan fingerprint density at radius 3 is 2.71 bits per heavy atom. The van der Waals surface area contributed by atoms with E-state index in [0.29, 0.717) is 6.04 Å². The summed E-state index contributed by atoms with van der Waals surface area (Å²) in [6.45, 7) is 4.33. The third-order valence-corrected chi connectivity index (χ3v) is 2.99. The van der Waals surface area contributed by atoms with E-state index in [0.717, 1.165) is 35.2 Å². The van der Waals surface area contributed by atoms with Gasteiger partial charge in [-0.25, -0.2) is 9.97 Å². The molecule has 17 heavy (non-hydrogen) atoms. The first-order chi connectivity index (χ1) is 8.24. The Labute approximate surface area is 101 Å². The molecule has 1 heterocycles. The molecule has 1 aromatic carbocycles. The normalized spacial score (nSPS) is 11.0. The van der Waals surface area contributed by atoms with Crippen molar-refractivity contribution in [1.29, 1.82) is 0 Å². The van der Waals surface area contributed by atoms with Crippen molar-refractivity contribution in [2.24, 2.45) is 0 Å². The summed E-state index contributed by atoms with van der Waals surface area (Å²) in [7, 11) is 0. The van der Waals surface area contributed by atoms with E-state index >= 15 is 0 Å². The summed E-state index contributed by atoms with van der Waals surface area (Å²) in [5.41, 5.74) is 7.46. The van der Waals surface area contributed by atoms with Crippen molar-refractivity contribution in [2.75, 3.05) is 11.1 Å². The van der Waals surface area contributed by atoms with Crippen molar-refractivity contribution in [2.45, 2.75) is 32.7 Å². The van der Waals surface area contributed by atoms with E-state index in [1.165, 1.54) is 0 Å². The minimum atomic E-state index is 0.439. The van der Waals surface area contributed by atoms with Gasteiger partial charge < -0.3 is 11.1 Å². The number of anilines is 2. The highest BCUT2D eigenvalue weighted by Crippen LogP contribution is 2.22. The number of nitrogens with zero attached hydrogens (tertiary/aromatic N) is 2. The van der Waals surface area contributed by atoms with Gasteiger partial charge in [0.1, 0.15) is 12.1 Å². The Bertz CT molecular complexity index is 506. The molecule has 0 saturated heterocycles. The van der Waals surface area contributed by atoms with Crippen molar-refractivity contribution in [3.05, 3.63) is 24.5 Å². The molecule has 1 aromatic heterocycles. The Morgan fingerprint density at radius 1 is 1.24 bits per heavy atom.